The monoisotopic (exact) mass is 170 g/mol. The second kappa shape index (κ2) is 3.17. The molecule has 0 radical (unpaired) electrons. The summed E-state index contributed by atoms with van der Waals surface area (Å²) in [4.78, 5) is 33.0. The van der Waals surface area contributed by atoms with Crippen LogP contribution in [0.3, 0.4) is 0 Å². The number of imide groups is 1. The molecule has 0 aromatic heterocycles. The van der Waals surface area contributed by atoms with Gasteiger partial charge in [-0.05, 0) is 0 Å². The Kier molecular flexibility index (Phi) is 2.23. The maximum Gasteiger partial charge on any atom is 0.253 e. The lowest BCUT2D eigenvalue weighted by atomic mass is 10.4. The van der Waals surface area contributed by atoms with Crippen LogP contribution in [0.15, 0.2) is 12.2 Å². The van der Waals surface area contributed by atoms with Crippen LogP contribution in [-0.2, 0) is 14.4 Å². The van der Waals surface area contributed by atoms with Gasteiger partial charge in [-0.2, -0.15) is 0 Å². The van der Waals surface area contributed by atoms with E-state index in [0.29, 0.717) is 0 Å². The van der Waals surface area contributed by atoms with E-state index in [1.165, 1.54) is 12.2 Å². The number of carbonyl (C=O) groups is 3. The summed E-state index contributed by atoms with van der Waals surface area (Å²) in [6.07, 6.45) is 2.35. The molecular formula is C7H10N2O3. The largest absolute Gasteiger partial charge is 0.370 e. The second-order valence-corrected chi connectivity index (χ2v) is 2.38. The van der Waals surface area contributed by atoms with Gasteiger partial charge in [-0.25, -0.2) is 0 Å². The number of hydrogen-bond acceptors (Lipinski definition) is 3. The average Bonchev–Trinajstić information content (AvgIpc) is 2.28. The highest BCUT2D eigenvalue weighted by Gasteiger charge is 2.22. The molecule has 5 heteroatoms. The van der Waals surface area contributed by atoms with Crippen molar-refractivity contribution in [1.29, 1.82) is 0 Å². The van der Waals surface area contributed by atoms with Crippen molar-refractivity contribution in [2.75, 3.05) is 6.54 Å². The maximum absolute atomic E-state index is 10.9. The first-order valence-corrected chi connectivity index (χ1v) is 3.43. The van der Waals surface area contributed by atoms with Crippen molar-refractivity contribution in [2.24, 2.45) is 5.73 Å². The fraction of sp³-hybridized carbons (Fsp3) is 0.286. The fourth-order valence-corrected chi connectivity index (χ4v) is 0.874. The standard InChI is InChI=1S/C7H8N2O3.H2/c8-5(10)3-4-9-6(11)1-2-7(9)12;/h1-2H,3-4H2,(H2,8,10);1H. The third-order valence-corrected chi connectivity index (χ3v) is 1.48. The summed E-state index contributed by atoms with van der Waals surface area (Å²) in [5, 5.41) is 0. The van der Waals surface area contributed by atoms with Gasteiger partial charge in [0.1, 0.15) is 0 Å². The molecule has 0 aromatic carbocycles. The van der Waals surface area contributed by atoms with E-state index in [-0.39, 0.29) is 26.2 Å². The average molecular weight is 170 g/mol. The van der Waals surface area contributed by atoms with Gasteiger partial charge in [-0.15, -0.1) is 0 Å². The molecule has 1 heterocycles. The molecule has 66 valence electrons. The van der Waals surface area contributed by atoms with E-state index in [0.717, 1.165) is 4.90 Å². The molecule has 0 saturated carbocycles. The molecule has 1 aliphatic heterocycles. The molecule has 0 bridgehead atoms. The van der Waals surface area contributed by atoms with Gasteiger partial charge in [0.2, 0.25) is 5.91 Å². The van der Waals surface area contributed by atoms with Gasteiger partial charge < -0.3 is 5.73 Å². The fourth-order valence-electron chi connectivity index (χ4n) is 0.874. The Morgan fingerprint density at radius 2 is 1.92 bits per heavy atom. The lowest BCUT2D eigenvalue weighted by Gasteiger charge is -2.11. The van der Waals surface area contributed by atoms with E-state index >= 15 is 0 Å². The Morgan fingerprint density at radius 3 is 2.33 bits per heavy atom. The molecule has 0 unspecified atom stereocenters. The van der Waals surface area contributed by atoms with Crippen LogP contribution in [0.1, 0.15) is 7.85 Å². The van der Waals surface area contributed by atoms with E-state index in [1.54, 1.807) is 0 Å². The van der Waals surface area contributed by atoms with Crippen molar-refractivity contribution in [3.05, 3.63) is 12.2 Å². The predicted octanol–water partition coefficient (Wildman–Crippen LogP) is -0.967. The lowest BCUT2D eigenvalue weighted by molar-refractivity contribution is -0.137. The van der Waals surface area contributed by atoms with Crippen LogP contribution in [0.5, 0.6) is 0 Å². The van der Waals surface area contributed by atoms with Crippen LogP contribution < -0.4 is 5.73 Å². The molecule has 0 fully saturated rings. The zero-order valence-corrected chi connectivity index (χ0v) is 6.32. The SMILES string of the molecule is NC(=O)CCN1C(=O)C=CC1=O.[HH]. The van der Waals surface area contributed by atoms with E-state index in [1.807, 2.05) is 0 Å². The summed E-state index contributed by atoms with van der Waals surface area (Å²) in [5.74, 6) is -1.30. The molecule has 0 aliphatic carbocycles. The van der Waals surface area contributed by atoms with Gasteiger partial charge in [0.05, 0.1) is 0 Å². The molecule has 12 heavy (non-hydrogen) atoms. The van der Waals surface area contributed by atoms with Crippen molar-refractivity contribution in [3.8, 4) is 0 Å². The molecule has 0 aromatic rings. The zero-order chi connectivity index (χ0) is 9.14. The molecule has 0 atom stereocenters. The summed E-state index contributed by atoms with van der Waals surface area (Å²) in [7, 11) is 0. The van der Waals surface area contributed by atoms with Crippen LogP contribution in [0.25, 0.3) is 0 Å². The van der Waals surface area contributed by atoms with E-state index in [2.05, 4.69) is 0 Å². The van der Waals surface area contributed by atoms with Gasteiger partial charge in [0.25, 0.3) is 11.8 Å². The Balaban J connectivity index is 0.00000144. The van der Waals surface area contributed by atoms with Gasteiger partial charge in [-0.3, -0.25) is 19.3 Å². The number of primary amides is 1. The van der Waals surface area contributed by atoms with Gasteiger partial charge >= 0.3 is 0 Å². The maximum atomic E-state index is 10.9. The van der Waals surface area contributed by atoms with E-state index in [4.69, 9.17) is 5.73 Å². The Morgan fingerprint density at radius 1 is 1.42 bits per heavy atom. The highest BCUT2D eigenvalue weighted by Crippen LogP contribution is 2.03. The quantitative estimate of drug-likeness (QED) is 0.553. The first-order valence-electron chi connectivity index (χ1n) is 3.43. The number of hydrogen-bond donors (Lipinski definition) is 1. The molecule has 1 rings (SSSR count). The van der Waals surface area contributed by atoms with Crippen molar-refractivity contribution >= 4 is 17.7 Å². The van der Waals surface area contributed by atoms with Gasteiger partial charge in [0, 0.05) is 26.5 Å². The van der Waals surface area contributed by atoms with Gasteiger partial charge in [0.15, 0.2) is 0 Å². The highest BCUT2D eigenvalue weighted by molar-refractivity contribution is 6.13. The summed E-state index contributed by atoms with van der Waals surface area (Å²) in [6, 6.07) is 0. The van der Waals surface area contributed by atoms with Crippen molar-refractivity contribution < 1.29 is 15.8 Å². The topological polar surface area (TPSA) is 80.5 Å². The van der Waals surface area contributed by atoms with Crippen LogP contribution in [0.2, 0.25) is 0 Å². The van der Waals surface area contributed by atoms with E-state index in [9.17, 15) is 14.4 Å². The highest BCUT2D eigenvalue weighted by atomic mass is 16.2. The first-order chi connectivity index (χ1) is 5.61. The second-order valence-electron chi connectivity index (χ2n) is 2.38. The van der Waals surface area contributed by atoms with Crippen LogP contribution in [0, 0.1) is 0 Å². The minimum Gasteiger partial charge on any atom is -0.370 e. The molecule has 1 aliphatic rings. The third-order valence-electron chi connectivity index (χ3n) is 1.48. The summed E-state index contributed by atoms with van der Waals surface area (Å²) in [6.45, 7) is 0.0694. The van der Waals surface area contributed by atoms with Crippen molar-refractivity contribution in [2.45, 2.75) is 6.42 Å². The Hall–Kier alpha value is -1.65. The Labute approximate surface area is 70.3 Å². The minimum absolute atomic E-state index is 0. The number of nitrogens with zero attached hydrogens (tertiary/aromatic N) is 1. The molecular weight excluding hydrogens is 160 g/mol. The number of rotatable bonds is 3. The summed E-state index contributed by atoms with van der Waals surface area (Å²) >= 11 is 0. The van der Waals surface area contributed by atoms with E-state index < -0.39 is 5.91 Å². The molecule has 2 N–H and O–H groups in total. The smallest absolute Gasteiger partial charge is 0.253 e. The van der Waals surface area contributed by atoms with Crippen molar-refractivity contribution in [1.82, 2.24) is 4.90 Å². The zero-order valence-electron chi connectivity index (χ0n) is 6.32. The third kappa shape index (κ3) is 1.69. The van der Waals surface area contributed by atoms with Crippen LogP contribution in [-0.4, -0.2) is 29.2 Å². The first kappa shape index (κ1) is 8.45. The molecule has 0 spiro atoms. The predicted molar refractivity (Wildman–Crippen MR) is 41.8 cm³/mol. The minimum atomic E-state index is -0.525. The van der Waals surface area contributed by atoms with Gasteiger partial charge in [-0.1, -0.05) is 0 Å². The van der Waals surface area contributed by atoms with Crippen LogP contribution in [0.4, 0.5) is 0 Å². The Bertz CT molecular complexity index is 257. The number of nitrogens with two attached hydrogens (primary N) is 1. The lowest BCUT2D eigenvalue weighted by Crippen LogP contribution is -2.33. The van der Waals surface area contributed by atoms with Crippen molar-refractivity contribution in [3.63, 3.8) is 0 Å². The number of amides is 3. The summed E-state index contributed by atoms with van der Waals surface area (Å²) < 4.78 is 0. The summed E-state index contributed by atoms with van der Waals surface area (Å²) in [5.41, 5.74) is 4.85. The normalized spacial score (nSPS) is 15.8. The molecule has 5 nitrogen and oxygen atoms in total. The van der Waals surface area contributed by atoms with Crippen LogP contribution >= 0.6 is 0 Å². The number of carbonyl (C=O) groups excluding carboxylic acids is 3. The molecule has 3 amide bonds. The molecule has 0 saturated heterocycles.